The van der Waals surface area contributed by atoms with E-state index in [1.54, 1.807) is 7.05 Å². The van der Waals surface area contributed by atoms with Crippen LogP contribution in [0.5, 0.6) is 6.01 Å². The Hall–Kier alpha value is -3.52. The van der Waals surface area contributed by atoms with Crippen molar-refractivity contribution in [2.45, 2.75) is 44.7 Å². The molecule has 5 rings (SSSR count). The number of carbonyl (C=O) groups excluding carboxylic acids is 1. The molecule has 0 fully saturated rings. The second kappa shape index (κ2) is 9.98. The maximum atomic E-state index is 14.9. The summed E-state index contributed by atoms with van der Waals surface area (Å²) in [5.74, 6) is -0.911. The third-order valence-electron chi connectivity index (χ3n) is 6.55. The lowest BCUT2D eigenvalue weighted by molar-refractivity contribution is -0.140. The fraction of sp³-hybridized carbons (Fsp3) is 0.417. The summed E-state index contributed by atoms with van der Waals surface area (Å²) in [6.45, 7) is 0.888. The molecule has 0 saturated heterocycles. The average molecular weight is 553 g/mol. The molecule has 1 aromatic carbocycles. The van der Waals surface area contributed by atoms with Crippen molar-refractivity contribution in [2.24, 2.45) is 0 Å². The third-order valence-corrected chi connectivity index (χ3v) is 7.63. The van der Waals surface area contributed by atoms with Gasteiger partial charge in [-0.1, -0.05) is 0 Å². The third kappa shape index (κ3) is 4.73. The van der Waals surface area contributed by atoms with E-state index in [2.05, 4.69) is 20.3 Å². The highest BCUT2D eigenvalue weighted by Gasteiger charge is 2.40. The number of rotatable bonds is 4. The van der Waals surface area contributed by atoms with Crippen molar-refractivity contribution < 1.29 is 31.8 Å². The number of hydrogen-bond acceptors (Lipinski definition) is 9. The minimum atomic E-state index is -4.80. The summed E-state index contributed by atoms with van der Waals surface area (Å²) < 4.78 is 67.2. The fourth-order valence-electron chi connectivity index (χ4n) is 4.72. The number of thiazole rings is 1. The van der Waals surface area contributed by atoms with E-state index in [0.717, 1.165) is 29.1 Å². The number of alkyl halides is 3. The van der Waals surface area contributed by atoms with Crippen LogP contribution in [0, 0.1) is 5.82 Å². The van der Waals surface area contributed by atoms with E-state index in [0.29, 0.717) is 41.6 Å². The van der Waals surface area contributed by atoms with Crippen LogP contribution in [-0.2, 0) is 36.9 Å². The van der Waals surface area contributed by atoms with Crippen LogP contribution >= 0.6 is 11.3 Å². The van der Waals surface area contributed by atoms with Crippen molar-refractivity contribution in [3.05, 3.63) is 55.9 Å². The number of hydrogen-bond donors (Lipinski definition) is 2. The highest BCUT2D eigenvalue weighted by atomic mass is 32.1. The molecule has 0 saturated carbocycles. The molecule has 1 amide bonds. The predicted molar refractivity (Wildman–Crippen MR) is 131 cm³/mol. The lowest BCUT2D eigenvalue weighted by Crippen LogP contribution is -2.29. The van der Waals surface area contributed by atoms with E-state index in [1.807, 2.05) is 4.90 Å². The topological polar surface area (TPSA) is 115 Å². The number of fused-ring (bicyclic) bond motifs is 2. The quantitative estimate of drug-likeness (QED) is 0.371. The predicted octanol–water partition coefficient (Wildman–Crippen LogP) is 3.81. The van der Waals surface area contributed by atoms with Crippen molar-refractivity contribution >= 4 is 28.7 Å². The normalized spacial score (nSPS) is 17.4. The van der Waals surface area contributed by atoms with Crippen LogP contribution in [0.2, 0.25) is 0 Å². The Morgan fingerprint density at radius 2 is 2.05 bits per heavy atom. The maximum Gasteiger partial charge on any atom is 0.416 e. The van der Waals surface area contributed by atoms with Gasteiger partial charge in [-0.3, -0.25) is 4.79 Å². The van der Waals surface area contributed by atoms with Gasteiger partial charge in [0.15, 0.2) is 10.8 Å². The fourth-order valence-corrected chi connectivity index (χ4v) is 5.79. The number of nitrogens with two attached hydrogens (primary N) is 1. The van der Waals surface area contributed by atoms with Gasteiger partial charge in [0.2, 0.25) is 0 Å². The lowest BCUT2D eigenvalue weighted by Gasteiger charge is -2.31. The van der Waals surface area contributed by atoms with Crippen LogP contribution in [-0.4, -0.2) is 41.6 Å². The number of nitrogens with zero attached hydrogens (tertiary/aromatic N) is 4. The number of aryl methyl sites for hydroxylation is 1. The van der Waals surface area contributed by atoms with E-state index in [1.165, 1.54) is 18.4 Å². The molecule has 202 valence electrons. The smallest absolute Gasteiger partial charge is 0.416 e. The first-order valence-electron chi connectivity index (χ1n) is 11.8. The van der Waals surface area contributed by atoms with E-state index >= 15 is 0 Å². The molecule has 1 unspecified atom stereocenters. The maximum absolute atomic E-state index is 14.9. The number of nitrogen functional groups attached to an aromatic ring is 1. The highest BCUT2D eigenvalue weighted by molar-refractivity contribution is 7.13. The van der Waals surface area contributed by atoms with Gasteiger partial charge in [-0.05, 0) is 25.0 Å². The summed E-state index contributed by atoms with van der Waals surface area (Å²) in [7, 11) is 2.93. The molecule has 0 radical (unpaired) electrons. The number of aromatic nitrogens is 3. The minimum Gasteiger partial charge on any atom is -0.467 e. The molecule has 3 N–H and O–H groups in total. The van der Waals surface area contributed by atoms with E-state index in [-0.39, 0.29) is 24.9 Å². The molecule has 4 heterocycles. The monoisotopic (exact) mass is 552 g/mol. The molecule has 0 bridgehead atoms. The molecule has 2 aromatic heterocycles. The summed E-state index contributed by atoms with van der Waals surface area (Å²) in [6.07, 6.45) is -4.78. The molecule has 2 aliphatic rings. The van der Waals surface area contributed by atoms with Gasteiger partial charge in [-0.2, -0.15) is 23.1 Å². The molecular formula is C24H24F4N6O3S. The van der Waals surface area contributed by atoms with E-state index < -0.39 is 34.9 Å². The standard InChI is InChI=1S/C24H24F4N6O3S/c1-30-21(35)22-31-14-4-3-7-34(9-17(14)38-22)20-11-10-37-16(8-15(11)32-23(33-20)36-2)18-12(24(26,27)28)5-6-13(29)19(18)25/h5-6,16H,3-4,7-10,29H2,1-2H3,(H,30,35). The van der Waals surface area contributed by atoms with Crippen molar-refractivity contribution in [3.63, 3.8) is 0 Å². The number of carbonyl (C=O) groups is 1. The van der Waals surface area contributed by atoms with Gasteiger partial charge in [0.25, 0.3) is 5.91 Å². The van der Waals surface area contributed by atoms with E-state index in [9.17, 15) is 22.4 Å². The summed E-state index contributed by atoms with van der Waals surface area (Å²) in [4.78, 5) is 28.4. The van der Waals surface area contributed by atoms with Crippen LogP contribution in [0.25, 0.3) is 0 Å². The SMILES string of the molecule is CNC(=O)c1nc2c(s1)CN(c1nc(OC)nc3c1COC(c1c(C(F)(F)F)ccc(N)c1F)C3)CCC2. The lowest BCUT2D eigenvalue weighted by atomic mass is 9.94. The molecule has 2 aliphatic heterocycles. The van der Waals surface area contributed by atoms with Gasteiger partial charge < -0.3 is 25.4 Å². The molecule has 9 nitrogen and oxygen atoms in total. The number of ether oxygens (including phenoxy) is 2. The van der Waals surface area contributed by atoms with Gasteiger partial charge in [-0.25, -0.2) is 9.37 Å². The largest absolute Gasteiger partial charge is 0.467 e. The number of methoxy groups -OCH3 is 1. The molecule has 14 heteroatoms. The van der Waals surface area contributed by atoms with E-state index in [4.69, 9.17) is 15.2 Å². The van der Waals surface area contributed by atoms with Gasteiger partial charge in [0.1, 0.15) is 5.82 Å². The molecular weight excluding hydrogens is 528 g/mol. The number of benzene rings is 1. The Morgan fingerprint density at radius 1 is 1.26 bits per heavy atom. The first kappa shape index (κ1) is 26.1. The average Bonchev–Trinajstić information content (AvgIpc) is 3.19. The molecule has 1 atom stereocenters. The molecule has 38 heavy (non-hydrogen) atoms. The number of halogens is 4. The zero-order valence-electron chi connectivity index (χ0n) is 20.5. The Balaban J connectivity index is 1.52. The van der Waals surface area contributed by atoms with Crippen molar-refractivity contribution in [2.75, 3.05) is 31.3 Å². The van der Waals surface area contributed by atoms with Gasteiger partial charge in [0, 0.05) is 36.0 Å². The van der Waals surface area contributed by atoms with Crippen LogP contribution in [0.1, 0.15) is 55.3 Å². The zero-order valence-corrected chi connectivity index (χ0v) is 21.3. The van der Waals surface area contributed by atoms with Crippen molar-refractivity contribution in [3.8, 4) is 6.01 Å². The second-order valence-electron chi connectivity index (χ2n) is 8.88. The van der Waals surface area contributed by atoms with Gasteiger partial charge in [0.05, 0.1) is 49.0 Å². The Bertz CT molecular complexity index is 1400. The first-order valence-corrected chi connectivity index (χ1v) is 12.6. The van der Waals surface area contributed by atoms with Crippen LogP contribution in [0.3, 0.4) is 0 Å². The summed E-state index contributed by atoms with van der Waals surface area (Å²) in [5, 5.41) is 2.95. The summed E-state index contributed by atoms with van der Waals surface area (Å²) in [5.41, 5.74) is 5.25. The van der Waals surface area contributed by atoms with Crippen LogP contribution in [0.15, 0.2) is 12.1 Å². The first-order chi connectivity index (χ1) is 18.1. The Morgan fingerprint density at radius 3 is 2.76 bits per heavy atom. The number of nitrogens with one attached hydrogen (secondary N) is 1. The molecule has 3 aromatic rings. The summed E-state index contributed by atoms with van der Waals surface area (Å²) in [6, 6.07) is 1.68. The summed E-state index contributed by atoms with van der Waals surface area (Å²) >= 11 is 1.30. The number of anilines is 2. The highest BCUT2D eigenvalue weighted by Crippen LogP contribution is 2.43. The number of amides is 1. The van der Waals surface area contributed by atoms with Gasteiger partial charge >= 0.3 is 12.2 Å². The van der Waals surface area contributed by atoms with Crippen LogP contribution in [0.4, 0.5) is 29.1 Å². The molecule has 0 aliphatic carbocycles. The zero-order chi connectivity index (χ0) is 27.2. The molecule has 0 spiro atoms. The van der Waals surface area contributed by atoms with Crippen LogP contribution < -0.4 is 20.7 Å². The minimum absolute atomic E-state index is 0.0308. The Labute approximate surface area is 219 Å². The Kier molecular flexibility index (Phi) is 6.86. The van der Waals surface area contributed by atoms with Gasteiger partial charge in [-0.15, -0.1) is 11.3 Å². The van der Waals surface area contributed by atoms with Crippen molar-refractivity contribution in [1.29, 1.82) is 0 Å². The van der Waals surface area contributed by atoms with Crippen molar-refractivity contribution in [1.82, 2.24) is 20.3 Å². The second-order valence-corrected chi connectivity index (χ2v) is 9.97.